The highest BCUT2D eigenvalue weighted by Gasteiger charge is 2.37. The lowest BCUT2D eigenvalue weighted by Gasteiger charge is -2.37. The van der Waals surface area contributed by atoms with E-state index in [0.717, 1.165) is 5.56 Å². The summed E-state index contributed by atoms with van der Waals surface area (Å²) < 4.78 is 0. The molecule has 1 aromatic heterocycles. The lowest BCUT2D eigenvalue weighted by Crippen LogP contribution is -2.61. The molecule has 1 N–H and O–H groups in total. The van der Waals surface area contributed by atoms with Crippen LogP contribution >= 0.6 is 11.3 Å². The predicted molar refractivity (Wildman–Crippen MR) is 66.6 cm³/mol. The summed E-state index contributed by atoms with van der Waals surface area (Å²) >= 11 is 1.60. The average Bonchev–Trinajstić information content (AvgIpc) is 2.78. The van der Waals surface area contributed by atoms with Crippen LogP contribution in [0.3, 0.4) is 0 Å². The summed E-state index contributed by atoms with van der Waals surface area (Å²) in [6, 6.07) is 1.24. The monoisotopic (exact) mass is 252 g/mol. The van der Waals surface area contributed by atoms with Crippen LogP contribution in [0.5, 0.6) is 0 Å². The van der Waals surface area contributed by atoms with Crippen molar-refractivity contribution in [3.05, 3.63) is 22.4 Å². The summed E-state index contributed by atoms with van der Waals surface area (Å²) in [6.07, 6.45) is 0.647. The molecule has 1 fully saturated rings. The number of nitrogens with zero attached hydrogens (tertiary/aromatic N) is 1. The van der Waals surface area contributed by atoms with Crippen LogP contribution in [-0.2, 0) is 16.1 Å². The fraction of sp³-hybridized carbons (Fsp3) is 0.500. The summed E-state index contributed by atoms with van der Waals surface area (Å²) in [6.45, 7) is 4.18. The van der Waals surface area contributed by atoms with E-state index >= 15 is 0 Å². The lowest BCUT2D eigenvalue weighted by atomic mass is 10.1. The SMILES string of the molecule is CCC1C(=O)NC(C)C(=O)N1Cc1ccsc1. The zero-order chi connectivity index (χ0) is 12.4. The zero-order valence-electron chi connectivity index (χ0n) is 9.97. The van der Waals surface area contributed by atoms with Gasteiger partial charge in [0.1, 0.15) is 12.1 Å². The minimum Gasteiger partial charge on any atom is -0.343 e. The van der Waals surface area contributed by atoms with Crippen molar-refractivity contribution in [2.24, 2.45) is 0 Å². The number of hydrogen-bond donors (Lipinski definition) is 1. The molecule has 0 spiro atoms. The van der Waals surface area contributed by atoms with Crippen LogP contribution in [-0.4, -0.2) is 28.8 Å². The Morgan fingerprint density at radius 3 is 2.82 bits per heavy atom. The Bertz CT molecular complexity index is 416. The normalized spacial score (nSPS) is 24.9. The van der Waals surface area contributed by atoms with Crippen LogP contribution in [0.25, 0.3) is 0 Å². The molecule has 1 saturated heterocycles. The van der Waals surface area contributed by atoms with Gasteiger partial charge in [-0.25, -0.2) is 0 Å². The molecule has 0 aromatic carbocycles. The van der Waals surface area contributed by atoms with E-state index in [0.29, 0.717) is 13.0 Å². The van der Waals surface area contributed by atoms with E-state index in [1.807, 2.05) is 23.8 Å². The third-order valence-electron chi connectivity index (χ3n) is 3.01. The fourth-order valence-corrected chi connectivity index (χ4v) is 2.75. The van der Waals surface area contributed by atoms with Crippen molar-refractivity contribution in [2.75, 3.05) is 0 Å². The smallest absolute Gasteiger partial charge is 0.245 e. The Balaban J connectivity index is 2.20. The second-order valence-corrected chi connectivity index (χ2v) is 5.03. The first kappa shape index (κ1) is 12.1. The summed E-state index contributed by atoms with van der Waals surface area (Å²) in [5, 5.41) is 6.70. The molecule has 2 atom stereocenters. The van der Waals surface area contributed by atoms with Gasteiger partial charge in [0.25, 0.3) is 0 Å². The van der Waals surface area contributed by atoms with Crippen LogP contribution < -0.4 is 5.32 Å². The third-order valence-corrected chi connectivity index (χ3v) is 3.74. The minimum absolute atomic E-state index is 0.00245. The van der Waals surface area contributed by atoms with Crippen molar-refractivity contribution in [1.82, 2.24) is 10.2 Å². The summed E-state index contributed by atoms with van der Waals surface area (Å²) in [7, 11) is 0. The van der Waals surface area contributed by atoms with Gasteiger partial charge in [0.15, 0.2) is 0 Å². The van der Waals surface area contributed by atoms with Gasteiger partial charge in [0.2, 0.25) is 11.8 Å². The second kappa shape index (κ2) is 4.87. The Hall–Kier alpha value is -1.36. The highest BCUT2D eigenvalue weighted by atomic mass is 32.1. The van der Waals surface area contributed by atoms with Crippen LogP contribution in [0, 0.1) is 0 Å². The second-order valence-electron chi connectivity index (χ2n) is 4.25. The number of amides is 2. The molecule has 0 saturated carbocycles. The van der Waals surface area contributed by atoms with E-state index in [9.17, 15) is 9.59 Å². The predicted octanol–water partition coefficient (Wildman–Crippen LogP) is 1.37. The number of carbonyl (C=O) groups is 2. The molecule has 0 radical (unpaired) electrons. The van der Waals surface area contributed by atoms with E-state index < -0.39 is 6.04 Å². The third kappa shape index (κ3) is 2.34. The molecule has 92 valence electrons. The Morgan fingerprint density at radius 1 is 1.47 bits per heavy atom. The molecule has 2 amide bonds. The van der Waals surface area contributed by atoms with Gasteiger partial charge in [-0.3, -0.25) is 9.59 Å². The van der Waals surface area contributed by atoms with Crippen molar-refractivity contribution in [1.29, 1.82) is 0 Å². The molecule has 2 unspecified atom stereocenters. The highest BCUT2D eigenvalue weighted by molar-refractivity contribution is 7.07. The molecular weight excluding hydrogens is 236 g/mol. The van der Waals surface area contributed by atoms with Crippen LogP contribution in [0.4, 0.5) is 0 Å². The molecular formula is C12H16N2O2S. The zero-order valence-corrected chi connectivity index (χ0v) is 10.8. The molecule has 1 aromatic rings. The molecule has 0 aliphatic carbocycles. The van der Waals surface area contributed by atoms with Gasteiger partial charge in [-0.05, 0) is 35.7 Å². The molecule has 4 nitrogen and oxygen atoms in total. The standard InChI is InChI=1S/C12H16N2O2S/c1-3-10-11(15)13-8(2)12(16)14(10)6-9-4-5-17-7-9/h4-5,7-8,10H,3,6H2,1-2H3,(H,13,15). The maximum atomic E-state index is 12.1. The van der Waals surface area contributed by atoms with Gasteiger partial charge in [-0.2, -0.15) is 11.3 Å². The number of carbonyl (C=O) groups excluding carboxylic acids is 2. The first-order valence-corrected chi connectivity index (χ1v) is 6.69. The highest BCUT2D eigenvalue weighted by Crippen LogP contribution is 2.18. The van der Waals surface area contributed by atoms with Crippen molar-refractivity contribution in [2.45, 2.75) is 38.9 Å². The Kier molecular flexibility index (Phi) is 3.47. The van der Waals surface area contributed by atoms with Gasteiger partial charge < -0.3 is 10.2 Å². The van der Waals surface area contributed by atoms with Gasteiger partial charge in [-0.1, -0.05) is 6.92 Å². The van der Waals surface area contributed by atoms with Gasteiger partial charge in [0, 0.05) is 6.54 Å². The topological polar surface area (TPSA) is 49.4 Å². The van der Waals surface area contributed by atoms with E-state index in [-0.39, 0.29) is 17.9 Å². The minimum atomic E-state index is -0.413. The Labute approximate surface area is 105 Å². The molecule has 1 aliphatic rings. The molecule has 0 bridgehead atoms. The first-order valence-electron chi connectivity index (χ1n) is 5.75. The van der Waals surface area contributed by atoms with Gasteiger partial charge in [0.05, 0.1) is 0 Å². The van der Waals surface area contributed by atoms with E-state index in [2.05, 4.69) is 5.32 Å². The fourth-order valence-electron chi connectivity index (χ4n) is 2.09. The summed E-state index contributed by atoms with van der Waals surface area (Å²) in [5.74, 6) is -0.0440. The molecule has 1 aliphatic heterocycles. The largest absolute Gasteiger partial charge is 0.343 e. The number of thiophene rings is 1. The number of rotatable bonds is 3. The number of hydrogen-bond acceptors (Lipinski definition) is 3. The Morgan fingerprint density at radius 2 is 2.24 bits per heavy atom. The average molecular weight is 252 g/mol. The van der Waals surface area contributed by atoms with Crippen LogP contribution in [0.1, 0.15) is 25.8 Å². The quantitative estimate of drug-likeness (QED) is 0.883. The van der Waals surface area contributed by atoms with E-state index in [1.54, 1.807) is 23.2 Å². The van der Waals surface area contributed by atoms with E-state index in [1.165, 1.54) is 0 Å². The summed E-state index contributed by atoms with van der Waals surface area (Å²) in [5.41, 5.74) is 1.09. The first-order chi connectivity index (χ1) is 8.13. The maximum absolute atomic E-state index is 12.1. The van der Waals surface area contributed by atoms with Crippen LogP contribution in [0.15, 0.2) is 16.8 Å². The van der Waals surface area contributed by atoms with E-state index in [4.69, 9.17) is 0 Å². The van der Waals surface area contributed by atoms with Gasteiger partial charge >= 0.3 is 0 Å². The van der Waals surface area contributed by atoms with Crippen LogP contribution in [0.2, 0.25) is 0 Å². The molecule has 17 heavy (non-hydrogen) atoms. The van der Waals surface area contributed by atoms with Crippen molar-refractivity contribution < 1.29 is 9.59 Å². The van der Waals surface area contributed by atoms with Crippen molar-refractivity contribution >= 4 is 23.2 Å². The number of piperazine rings is 1. The molecule has 2 rings (SSSR count). The van der Waals surface area contributed by atoms with Crippen molar-refractivity contribution in [3.63, 3.8) is 0 Å². The maximum Gasteiger partial charge on any atom is 0.245 e. The summed E-state index contributed by atoms with van der Waals surface area (Å²) in [4.78, 5) is 25.6. The lowest BCUT2D eigenvalue weighted by molar-refractivity contribution is -0.149. The van der Waals surface area contributed by atoms with Crippen molar-refractivity contribution in [3.8, 4) is 0 Å². The molecule has 2 heterocycles. The van der Waals surface area contributed by atoms with Gasteiger partial charge in [-0.15, -0.1) is 0 Å². The number of nitrogens with one attached hydrogen (secondary N) is 1. The molecule has 5 heteroatoms.